The van der Waals surface area contributed by atoms with Crippen LogP contribution in [0.4, 0.5) is 0 Å². The summed E-state index contributed by atoms with van der Waals surface area (Å²) in [6.07, 6.45) is 7.80. The molecule has 4 unspecified atom stereocenters. The van der Waals surface area contributed by atoms with Crippen molar-refractivity contribution in [3.63, 3.8) is 0 Å². The maximum Gasteiger partial charge on any atom is 0.240 e. The van der Waals surface area contributed by atoms with E-state index in [2.05, 4.69) is 10.2 Å². The highest BCUT2D eigenvalue weighted by molar-refractivity contribution is 5.82. The third-order valence-electron chi connectivity index (χ3n) is 4.93. The van der Waals surface area contributed by atoms with Crippen LogP contribution >= 0.6 is 0 Å². The number of rotatable bonds is 1. The lowest BCUT2D eigenvalue weighted by molar-refractivity contribution is -0.139. The second-order valence-electron chi connectivity index (χ2n) is 6.14. The molecule has 2 N–H and O–H groups in total. The predicted molar refractivity (Wildman–Crippen MR) is 69.1 cm³/mol. The van der Waals surface area contributed by atoms with E-state index in [9.17, 15) is 9.90 Å². The molecular formula is C14H24N2O2. The van der Waals surface area contributed by atoms with E-state index in [1.54, 1.807) is 0 Å². The second kappa shape index (κ2) is 5.17. The van der Waals surface area contributed by atoms with E-state index in [0.29, 0.717) is 19.0 Å². The highest BCUT2D eigenvalue weighted by atomic mass is 16.3. The van der Waals surface area contributed by atoms with E-state index < -0.39 is 0 Å². The minimum absolute atomic E-state index is 0.138. The van der Waals surface area contributed by atoms with Crippen molar-refractivity contribution in [2.75, 3.05) is 13.1 Å². The zero-order chi connectivity index (χ0) is 12.5. The molecule has 1 saturated carbocycles. The number of β-amino-alcohol motifs (C(OH)–C–C–N with tert-alkyl or cyclic N) is 1. The van der Waals surface area contributed by atoms with E-state index in [0.717, 1.165) is 18.9 Å². The van der Waals surface area contributed by atoms with Gasteiger partial charge in [-0.3, -0.25) is 4.79 Å². The van der Waals surface area contributed by atoms with Crippen LogP contribution in [0.2, 0.25) is 0 Å². The summed E-state index contributed by atoms with van der Waals surface area (Å²) in [5.41, 5.74) is 0. The Hall–Kier alpha value is -0.610. The molecule has 4 atom stereocenters. The molecule has 102 valence electrons. The van der Waals surface area contributed by atoms with Crippen molar-refractivity contribution in [3.05, 3.63) is 0 Å². The van der Waals surface area contributed by atoms with Gasteiger partial charge in [-0.1, -0.05) is 12.8 Å². The molecule has 4 nitrogen and oxygen atoms in total. The minimum Gasteiger partial charge on any atom is -0.392 e. The predicted octanol–water partition coefficient (Wildman–Crippen LogP) is 0.890. The van der Waals surface area contributed by atoms with Gasteiger partial charge in [0, 0.05) is 19.1 Å². The Kier molecular flexibility index (Phi) is 3.57. The van der Waals surface area contributed by atoms with Crippen molar-refractivity contribution in [2.24, 2.45) is 5.92 Å². The van der Waals surface area contributed by atoms with Gasteiger partial charge in [0.15, 0.2) is 0 Å². The number of aliphatic hydroxyl groups excluding tert-OH is 1. The molecule has 0 aromatic rings. The van der Waals surface area contributed by atoms with E-state index in [-0.39, 0.29) is 18.1 Å². The number of carbonyl (C=O) groups is 1. The first-order chi connectivity index (χ1) is 8.75. The van der Waals surface area contributed by atoms with Crippen molar-refractivity contribution in [2.45, 2.75) is 63.1 Å². The molecule has 0 aromatic heterocycles. The van der Waals surface area contributed by atoms with E-state index in [1.165, 1.54) is 32.1 Å². The van der Waals surface area contributed by atoms with Crippen LogP contribution in [-0.4, -0.2) is 47.2 Å². The number of likely N-dealkylation sites (tertiary alicyclic amines) is 1. The van der Waals surface area contributed by atoms with Crippen molar-refractivity contribution in [3.8, 4) is 0 Å². The summed E-state index contributed by atoms with van der Waals surface area (Å²) in [6, 6.07) is 0.347. The van der Waals surface area contributed by atoms with Gasteiger partial charge in [0.2, 0.25) is 5.91 Å². The monoisotopic (exact) mass is 252 g/mol. The van der Waals surface area contributed by atoms with E-state index in [4.69, 9.17) is 0 Å². The molecule has 18 heavy (non-hydrogen) atoms. The number of hydrogen-bond acceptors (Lipinski definition) is 3. The van der Waals surface area contributed by atoms with Crippen LogP contribution < -0.4 is 5.32 Å². The molecule has 0 bridgehead atoms. The third-order valence-corrected chi connectivity index (χ3v) is 4.93. The zero-order valence-electron chi connectivity index (χ0n) is 11.0. The van der Waals surface area contributed by atoms with Crippen LogP contribution in [0.15, 0.2) is 0 Å². The molecule has 0 aromatic carbocycles. The number of amides is 1. The van der Waals surface area contributed by atoms with Gasteiger partial charge in [-0.2, -0.15) is 0 Å². The van der Waals surface area contributed by atoms with Crippen LogP contribution in [0.3, 0.4) is 0 Å². The van der Waals surface area contributed by atoms with Crippen molar-refractivity contribution in [1.82, 2.24) is 10.2 Å². The van der Waals surface area contributed by atoms with Gasteiger partial charge < -0.3 is 15.3 Å². The lowest BCUT2D eigenvalue weighted by atomic mass is 9.78. The number of carbonyl (C=O) groups excluding carboxylic acids is 1. The Morgan fingerprint density at radius 1 is 1.17 bits per heavy atom. The van der Waals surface area contributed by atoms with Crippen LogP contribution in [0.25, 0.3) is 0 Å². The maximum atomic E-state index is 12.6. The Morgan fingerprint density at radius 2 is 1.94 bits per heavy atom. The zero-order valence-corrected chi connectivity index (χ0v) is 11.0. The van der Waals surface area contributed by atoms with Crippen molar-refractivity contribution < 1.29 is 9.90 Å². The Morgan fingerprint density at radius 3 is 2.72 bits per heavy atom. The number of piperidine rings is 1. The molecular weight excluding hydrogens is 228 g/mol. The third kappa shape index (κ3) is 2.28. The summed E-state index contributed by atoms with van der Waals surface area (Å²) in [5, 5.41) is 12.7. The number of nitrogens with zero attached hydrogens (tertiary/aromatic N) is 1. The Bertz CT molecular complexity index is 319. The fraction of sp³-hybridized carbons (Fsp3) is 0.929. The number of hydrogen-bond donors (Lipinski definition) is 2. The number of nitrogens with one attached hydrogen (secondary N) is 1. The van der Waals surface area contributed by atoms with Crippen molar-refractivity contribution >= 4 is 5.91 Å². The molecule has 0 radical (unpaired) electrons. The van der Waals surface area contributed by atoms with Crippen LogP contribution in [-0.2, 0) is 4.79 Å². The molecule has 2 heterocycles. The van der Waals surface area contributed by atoms with Gasteiger partial charge in [-0.25, -0.2) is 0 Å². The topological polar surface area (TPSA) is 52.6 Å². The number of fused-ring (bicyclic) bond motifs is 1. The molecule has 3 rings (SSSR count). The molecule has 4 heteroatoms. The first-order valence-corrected chi connectivity index (χ1v) is 7.47. The van der Waals surface area contributed by atoms with Gasteiger partial charge in [0.1, 0.15) is 0 Å². The first-order valence-electron chi connectivity index (χ1n) is 7.47. The standard InChI is InChI=1S/C14H24N2O2/c17-11-8-12(15-9-11)14(18)16-7-3-5-10-4-1-2-6-13(10)16/h10-13,15,17H,1-9H2. The fourth-order valence-electron chi connectivity index (χ4n) is 4.00. The Labute approximate surface area is 109 Å². The largest absolute Gasteiger partial charge is 0.392 e. The number of aliphatic hydroxyl groups is 1. The lowest BCUT2D eigenvalue weighted by Gasteiger charge is -2.45. The lowest BCUT2D eigenvalue weighted by Crippen LogP contribution is -2.54. The fourth-order valence-corrected chi connectivity index (χ4v) is 4.00. The molecule has 2 aliphatic heterocycles. The molecule has 0 spiro atoms. The SMILES string of the molecule is O=C(C1CC(O)CN1)N1CCCC2CCCCC21. The van der Waals surface area contributed by atoms with Gasteiger partial charge in [0.05, 0.1) is 12.1 Å². The summed E-state index contributed by atoms with van der Waals surface area (Å²) in [4.78, 5) is 14.7. The molecule has 1 aliphatic carbocycles. The second-order valence-corrected chi connectivity index (χ2v) is 6.14. The molecule has 3 aliphatic rings. The minimum atomic E-state index is -0.342. The highest BCUT2D eigenvalue weighted by Gasteiger charge is 2.39. The molecule has 1 amide bonds. The van der Waals surface area contributed by atoms with Crippen LogP contribution in [0, 0.1) is 5.92 Å². The summed E-state index contributed by atoms with van der Waals surface area (Å²) < 4.78 is 0. The van der Waals surface area contributed by atoms with Gasteiger partial charge in [-0.15, -0.1) is 0 Å². The molecule has 3 fully saturated rings. The summed E-state index contributed by atoms with van der Waals surface area (Å²) >= 11 is 0. The summed E-state index contributed by atoms with van der Waals surface area (Å²) in [7, 11) is 0. The highest BCUT2D eigenvalue weighted by Crippen LogP contribution is 2.35. The van der Waals surface area contributed by atoms with Crippen LogP contribution in [0.5, 0.6) is 0 Å². The van der Waals surface area contributed by atoms with Crippen LogP contribution in [0.1, 0.15) is 44.9 Å². The normalized spacial score (nSPS) is 40.6. The van der Waals surface area contributed by atoms with E-state index >= 15 is 0 Å². The van der Waals surface area contributed by atoms with Gasteiger partial charge in [0.25, 0.3) is 0 Å². The Balaban J connectivity index is 1.68. The van der Waals surface area contributed by atoms with Crippen molar-refractivity contribution in [1.29, 1.82) is 0 Å². The van der Waals surface area contributed by atoms with Gasteiger partial charge in [-0.05, 0) is 38.0 Å². The maximum absolute atomic E-state index is 12.6. The average molecular weight is 252 g/mol. The average Bonchev–Trinajstić information content (AvgIpc) is 2.84. The van der Waals surface area contributed by atoms with Gasteiger partial charge >= 0.3 is 0 Å². The first kappa shape index (κ1) is 12.4. The summed E-state index contributed by atoms with van der Waals surface area (Å²) in [5.74, 6) is 0.978. The molecule has 2 saturated heterocycles. The van der Waals surface area contributed by atoms with E-state index in [1.807, 2.05) is 0 Å². The quantitative estimate of drug-likeness (QED) is 0.729. The summed E-state index contributed by atoms with van der Waals surface area (Å²) in [6.45, 7) is 1.49. The smallest absolute Gasteiger partial charge is 0.240 e.